The highest BCUT2D eigenvalue weighted by atomic mass is 16.5. The third-order valence-electron chi connectivity index (χ3n) is 5.58. The van der Waals surface area contributed by atoms with Gasteiger partial charge in [0.15, 0.2) is 0 Å². The molecule has 1 aromatic carbocycles. The number of aromatic amines is 1. The zero-order valence-corrected chi connectivity index (χ0v) is 16.3. The van der Waals surface area contributed by atoms with Crippen molar-refractivity contribution in [2.45, 2.75) is 32.2 Å². The number of pyridine rings is 1. The summed E-state index contributed by atoms with van der Waals surface area (Å²) in [6.45, 7) is 1.80. The first kappa shape index (κ1) is 17.4. The van der Waals surface area contributed by atoms with Crippen molar-refractivity contribution < 1.29 is 4.74 Å². The number of nitriles is 1. The zero-order chi connectivity index (χ0) is 20.0. The lowest BCUT2D eigenvalue weighted by atomic mass is 9.99. The number of nitrogens with zero attached hydrogens (tertiary/aromatic N) is 5. The van der Waals surface area contributed by atoms with Crippen LogP contribution >= 0.6 is 0 Å². The lowest BCUT2D eigenvalue weighted by molar-refractivity contribution is 0.415. The Hall–Kier alpha value is -3.66. The van der Waals surface area contributed by atoms with E-state index in [9.17, 15) is 0 Å². The molecule has 1 aliphatic carbocycles. The SMILES string of the molecule is COc1cc2[nH]nc(-c3cnn(C(C)C#N)c3)c2nc1-c1cccc2c1CCC2. The van der Waals surface area contributed by atoms with Gasteiger partial charge in [0.1, 0.15) is 28.7 Å². The van der Waals surface area contributed by atoms with Crippen LogP contribution in [-0.4, -0.2) is 32.1 Å². The van der Waals surface area contributed by atoms with Crippen molar-refractivity contribution in [1.29, 1.82) is 5.26 Å². The van der Waals surface area contributed by atoms with Gasteiger partial charge in [-0.1, -0.05) is 18.2 Å². The normalized spacial score (nSPS) is 14.0. The summed E-state index contributed by atoms with van der Waals surface area (Å²) in [6, 6.07) is 10.2. The monoisotopic (exact) mass is 384 g/mol. The first-order chi connectivity index (χ1) is 14.2. The smallest absolute Gasteiger partial charge is 0.147 e. The molecule has 1 unspecified atom stereocenters. The number of rotatable bonds is 4. The van der Waals surface area contributed by atoms with Crippen LogP contribution in [0.1, 0.15) is 30.5 Å². The summed E-state index contributed by atoms with van der Waals surface area (Å²) in [5.41, 5.74) is 7.81. The topological polar surface area (TPSA) is 92.4 Å². The van der Waals surface area contributed by atoms with Crippen molar-refractivity contribution in [2.24, 2.45) is 0 Å². The number of fused-ring (bicyclic) bond motifs is 2. The number of aromatic nitrogens is 5. The largest absolute Gasteiger partial charge is 0.494 e. The van der Waals surface area contributed by atoms with Gasteiger partial charge in [-0.05, 0) is 37.3 Å². The molecule has 0 saturated heterocycles. The Balaban J connectivity index is 1.69. The van der Waals surface area contributed by atoms with Gasteiger partial charge in [-0.15, -0.1) is 0 Å². The Morgan fingerprint density at radius 3 is 3.00 bits per heavy atom. The maximum absolute atomic E-state index is 9.14. The van der Waals surface area contributed by atoms with E-state index in [0.717, 1.165) is 46.4 Å². The van der Waals surface area contributed by atoms with Crippen LogP contribution in [0.2, 0.25) is 0 Å². The van der Waals surface area contributed by atoms with Crippen molar-refractivity contribution in [3.63, 3.8) is 0 Å². The van der Waals surface area contributed by atoms with Crippen LogP contribution in [0.4, 0.5) is 0 Å². The number of hydrogen-bond acceptors (Lipinski definition) is 5. The Morgan fingerprint density at radius 1 is 1.28 bits per heavy atom. The average Bonchev–Trinajstić information content (AvgIpc) is 3.50. The maximum atomic E-state index is 9.14. The molecule has 1 N–H and O–H groups in total. The van der Waals surface area contributed by atoms with Crippen molar-refractivity contribution in [3.8, 4) is 34.3 Å². The second-order valence-corrected chi connectivity index (χ2v) is 7.32. The van der Waals surface area contributed by atoms with E-state index in [0.29, 0.717) is 5.69 Å². The van der Waals surface area contributed by atoms with Crippen LogP contribution in [0, 0.1) is 11.3 Å². The van der Waals surface area contributed by atoms with Crippen LogP contribution < -0.4 is 4.74 Å². The molecule has 0 radical (unpaired) electrons. The lowest BCUT2D eigenvalue weighted by Crippen LogP contribution is -2.01. The maximum Gasteiger partial charge on any atom is 0.147 e. The fraction of sp³-hybridized carbons (Fsp3) is 0.273. The second kappa shape index (κ2) is 6.74. The molecular formula is C22H20N6O. The van der Waals surface area contributed by atoms with Crippen LogP contribution in [-0.2, 0) is 12.8 Å². The van der Waals surface area contributed by atoms with Gasteiger partial charge in [-0.2, -0.15) is 15.5 Å². The summed E-state index contributed by atoms with van der Waals surface area (Å²) in [6.07, 6.45) is 6.89. The Labute approximate surface area is 168 Å². The minimum atomic E-state index is -0.343. The molecule has 0 saturated carbocycles. The summed E-state index contributed by atoms with van der Waals surface area (Å²) in [5.74, 6) is 0.724. The average molecular weight is 384 g/mol. The molecule has 29 heavy (non-hydrogen) atoms. The van der Waals surface area contributed by atoms with Gasteiger partial charge in [0, 0.05) is 23.4 Å². The third-order valence-corrected chi connectivity index (χ3v) is 5.58. The fourth-order valence-corrected chi connectivity index (χ4v) is 4.05. The van der Waals surface area contributed by atoms with Crippen molar-refractivity contribution in [2.75, 3.05) is 7.11 Å². The number of hydrogen-bond donors (Lipinski definition) is 1. The molecular weight excluding hydrogens is 364 g/mol. The van der Waals surface area contributed by atoms with Crippen LogP contribution in [0.3, 0.4) is 0 Å². The lowest BCUT2D eigenvalue weighted by Gasteiger charge is -2.12. The highest BCUT2D eigenvalue weighted by Crippen LogP contribution is 2.38. The highest BCUT2D eigenvalue weighted by molar-refractivity contribution is 5.92. The Kier molecular flexibility index (Phi) is 4.06. The highest BCUT2D eigenvalue weighted by Gasteiger charge is 2.21. The first-order valence-electron chi connectivity index (χ1n) is 9.68. The first-order valence-corrected chi connectivity index (χ1v) is 9.68. The van der Waals surface area contributed by atoms with E-state index in [-0.39, 0.29) is 6.04 Å². The number of nitrogens with one attached hydrogen (secondary N) is 1. The van der Waals surface area contributed by atoms with Gasteiger partial charge in [0.05, 0.1) is 24.9 Å². The Bertz CT molecular complexity index is 1260. The van der Waals surface area contributed by atoms with E-state index in [4.69, 9.17) is 15.0 Å². The molecule has 3 heterocycles. The molecule has 5 rings (SSSR count). The van der Waals surface area contributed by atoms with E-state index in [1.807, 2.05) is 12.3 Å². The molecule has 3 aromatic heterocycles. The van der Waals surface area contributed by atoms with Gasteiger partial charge in [0.25, 0.3) is 0 Å². The van der Waals surface area contributed by atoms with Gasteiger partial charge < -0.3 is 4.74 Å². The quantitative estimate of drug-likeness (QED) is 0.572. The van der Waals surface area contributed by atoms with E-state index in [2.05, 4.69) is 39.6 Å². The number of ether oxygens (including phenoxy) is 1. The van der Waals surface area contributed by atoms with Gasteiger partial charge >= 0.3 is 0 Å². The minimum absolute atomic E-state index is 0.343. The van der Waals surface area contributed by atoms with E-state index < -0.39 is 0 Å². The number of methoxy groups -OCH3 is 1. The molecule has 7 nitrogen and oxygen atoms in total. The molecule has 0 bridgehead atoms. The predicted molar refractivity (Wildman–Crippen MR) is 109 cm³/mol. The van der Waals surface area contributed by atoms with Gasteiger partial charge in [-0.3, -0.25) is 9.78 Å². The van der Waals surface area contributed by atoms with Crippen molar-refractivity contribution >= 4 is 11.0 Å². The fourth-order valence-electron chi connectivity index (χ4n) is 4.05. The zero-order valence-electron chi connectivity index (χ0n) is 16.3. The summed E-state index contributed by atoms with van der Waals surface area (Å²) >= 11 is 0. The summed E-state index contributed by atoms with van der Waals surface area (Å²) < 4.78 is 7.30. The van der Waals surface area contributed by atoms with Crippen molar-refractivity contribution in [1.82, 2.24) is 25.0 Å². The second-order valence-electron chi connectivity index (χ2n) is 7.32. The van der Waals surface area contributed by atoms with Crippen molar-refractivity contribution in [3.05, 3.63) is 47.8 Å². The van der Waals surface area contributed by atoms with E-state index in [1.165, 1.54) is 17.5 Å². The van der Waals surface area contributed by atoms with Crippen LogP contribution in [0.5, 0.6) is 5.75 Å². The molecule has 4 aromatic rings. The van der Waals surface area contributed by atoms with Gasteiger partial charge in [-0.25, -0.2) is 4.98 Å². The van der Waals surface area contributed by atoms with Crippen LogP contribution in [0.25, 0.3) is 33.5 Å². The third kappa shape index (κ3) is 2.76. The molecule has 0 spiro atoms. The summed E-state index contributed by atoms with van der Waals surface area (Å²) in [4.78, 5) is 4.98. The van der Waals surface area contributed by atoms with Gasteiger partial charge in [0.2, 0.25) is 0 Å². The number of H-pyrrole nitrogens is 1. The summed E-state index contributed by atoms with van der Waals surface area (Å²) in [5, 5.41) is 21.0. The molecule has 0 aliphatic heterocycles. The summed E-state index contributed by atoms with van der Waals surface area (Å²) in [7, 11) is 1.67. The molecule has 1 aliphatic rings. The number of benzene rings is 1. The molecule has 144 valence electrons. The Morgan fingerprint density at radius 2 is 2.17 bits per heavy atom. The molecule has 0 fully saturated rings. The van der Waals surface area contributed by atoms with E-state index >= 15 is 0 Å². The molecule has 7 heteroatoms. The predicted octanol–water partition coefficient (Wildman–Crippen LogP) is 4.07. The molecule has 1 atom stereocenters. The standard InChI is InChI=1S/C22H20N6O/c1-13(10-23)28-12-15(11-24-28)20-22-18(26-27-20)9-19(29-2)21(25-22)17-8-4-6-14-5-3-7-16(14)17/h4,6,8-9,11-13H,3,5,7H2,1-2H3,(H,26,27). The van der Waals surface area contributed by atoms with E-state index in [1.54, 1.807) is 24.9 Å². The minimum Gasteiger partial charge on any atom is -0.494 e. The van der Waals surface area contributed by atoms with Crippen LogP contribution in [0.15, 0.2) is 36.7 Å². The molecule has 0 amide bonds. The number of aryl methyl sites for hydroxylation is 1.